The summed E-state index contributed by atoms with van der Waals surface area (Å²) < 4.78 is 37.8. The first-order chi connectivity index (χ1) is 11.9. The van der Waals surface area contributed by atoms with Gasteiger partial charge in [0.2, 0.25) is 0 Å². The van der Waals surface area contributed by atoms with Crippen molar-refractivity contribution < 1.29 is 17.6 Å². The van der Waals surface area contributed by atoms with Crippen LogP contribution in [0.25, 0.3) is 0 Å². The van der Waals surface area contributed by atoms with Crippen LogP contribution in [0.15, 0.2) is 35.2 Å². The molecule has 2 N–H and O–H groups in total. The fourth-order valence-electron chi connectivity index (χ4n) is 2.95. The zero-order chi connectivity index (χ0) is 18.0. The number of carbonyl (C=O) groups is 1. The first-order valence-corrected chi connectivity index (χ1v) is 10.4. The Balaban J connectivity index is 1.69. The van der Waals surface area contributed by atoms with E-state index in [1.54, 1.807) is 0 Å². The van der Waals surface area contributed by atoms with Crippen molar-refractivity contribution in [3.63, 3.8) is 0 Å². The van der Waals surface area contributed by atoms with E-state index in [0.29, 0.717) is 10.8 Å². The lowest BCUT2D eigenvalue weighted by atomic mass is 9.87. The predicted octanol–water partition coefficient (Wildman–Crippen LogP) is 3.03. The molecule has 0 bridgehead atoms. The van der Waals surface area contributed by atoms with Crippen molar-refractivity contribution in [2.45, 2.75) is 37.5 Å². The second-order valence-electron chi connectivity index (χ2n) is 6.07. The lowest BCUT2D eigenvalue weighted by Crippen LogP contribution is -2.41. The Kier molecular flexibility index (Phi) is 5.21. The highest BCUT2D eigenvalue weighted by Gasteiger charge is 2.23. The number of hydrazine groups is 1. The summed E-state index contributed by atoms with van der Waals surface area (Å²) in [6, 6.07) is 6.82. The molecule has 1 heterocycles. The van der Waals surface area contributed by atoms with Crippen molar-refractivity contribution in [2.24, 2.45) is 5.92 Å². The molecule has 1 amide bonds. The van der Waals surface area contributed by atoms with Gasteiger partial charge < -0.3 is 0 Å². The van der Waals surface area contributed by atoms with Gasteiger partial charge in [-0.2, -0.15) is 0 Å². The van der Waals surface area contributed by atoms with Gasteiger partial charge in [-0.05, 0) is 48.9 Å². The summed E-state index contributed by atoms with van der Waals surface area (Å²) in [4.78, 5) is 15.3. The zero-order valence-corrected chi connectivity index (χ0v) is 15.3. The maximum Gasteiger partial charge on any atom is 0.276 e. The standard InChI is InChI=1S/C17H19FN2O3S2/c1-2-11-7-8-14-12(9-11)10-15(24-14)17(21)19-20-25(22,23)16-6-4-3-5-13(16)18/h3-6,10-11,20H,2,7-9H2,1H3,(H,19,21)/t11-/m0/s1. The van der Waals surface area contributed by atoms with Gasteiger partial charge in [-0.15, -0.1) is 16.2 Å². The molecule has 25 heavy (non-hydrogen) atoms. The Morgan fingerprint density at radius 3 is 2.84 bits per heavy atom. The summed E-state index contributed by atoms with van der Waals surface area (Å²) >= 11 is 1.38. The van der Waals surface area contributed by atoms with E-state index >= 15 is 0 Å². The zero-order valence-electron chi connectivity index (χ0n) is 13.7. The molecule has 134 valence electrons. The van der Waals surface area contributed by atoms with E-state index in [0.717, 1.165) is 37.8 Å². The Morgan fingerprint density at radius 1 is 1.36 bits per heavy atom. The molecule has 1 aromatic carbocycles. The fraction of sp³-hybridized carbons (Fsp3) is 0.353. The molecule has 0 fully saturated rings. The minimum Gasteiger partial charge on any atom is -0.273 e. The molecule has 0 radical (unpaired) electrons. The number of aryl methyl sites for hydroxylation is 1. The van der Waals surface area contributed by atoms with Gasteiger partial charge in [-0.3, -0.25) is 10.2 Å². The van der Waals surface area contributed by atoms with E-state index in [2.05, 4.69) is 12.3 Å². The molecule has 0 aliphatic heterocycles. The maximum atomic E-state index is 13.6. The number of benzene rings is 1. The summed E-state index contributed by atoms with van der Waals surface area (Å²) in [6.45, 7) is 2.16. The van der Waals surface area contributed by atoms with E-state index in [1.165, 1.54) is 33.9 Å². The number of thiophene rings is 1. The molecular formula is C17H19FN2O3S2. The van der Waals surface area contributed by atoms with E-state index in [-0.39, 0.29) is 0 Å². The van der Waals surface area contributed by atoms with Crippen LogP contribution < -0.4 is 10.3 Å². The van der Waals surface area contributed by atoms with Crippen molar-refractivity contribution in [1.29, 1.82) is 0 Å². The SMILES string of the molecule is CC[C@H]1CCc2sc(C(=O)NNS(=O)(=O)c3ccccc3F)cc2C1. The topological polar surface area (TPSA) is 75.3 Å². The van der Waals surface area contributed by atoms with Crippen molar-refractivity contribution in [3.8, 4) is 0 Å². The van der Waals surface area contributed by atoms with Gasteiger partial charge >= 0.3 is 0 Å². The number of hydrogen-bond donors (Lipinski definition) is 2. The monoisotopic (exact) mass is 382 g/mol. The van der Waals surface area contributed by atoms with Gasteiger partial charge in [0.15, 0.2) is 0 Å². The molecule has 3 rings (SSSR count). The van der Waals surface area contributed by atoms with Gasteiger partial charge in [-0.25, -0.2) is 12.8 Å². The molecule has 1 atom stereocenters. The summed E-state index contributed by atoms with van der Waals surface area (Å²) in [5, 5.41) is 0. The van der Waals surface area contributed by atoms with Crippen LogP contribution >= 0.6 is 11.3 Å². The molecule has 0 saturated carbocycles. The molecule has 0 spiro atoms. The number of hydrogen-bond acceptors (Lipinski definition) is 4. The molecule has 2 aromatic rings. The molecule has 1 aliphatic carbocycles. The highest BCUT2D eigenvalue weighted by atomic mass is 32.2. The summed E-state index contributed by atoms with van der Waals surface area (Å²) in [5.74, 6) is -0.772. The number of amides is 1. The van der Waals surface area contributed by atoms with Crippen LogP contribution in [0.4, 0.5) is 4.39 Å². The number of rotatable bonds is 5. The normalized spacial score (nSPS) is 17.1. The molecule has 0 unspecified atom stereocenters. The van der Waals surface area contributed by atoms with Crippen LogP contribution in [-0.2, 0) is 22.9 Å². The molecule has 8 heteroatoms. The fourth-order valence-corrected chi connectivity index (χ4v) is 4.98. The Hall–Kier alpha value is -1.77. The molecule has 5 nitrogen and oxygen atoms in total. The predicted molar refractivity (Wildman–Crippen MR) is 94.3 cm³/mol. The van der Waals surface area contributed by atoms with Crippen LogP contribution in [0.5, 0.6) is 0 Å². The molecule has 1 aliphatic rings. The third kappa shape index (κ3) is 3.91. The lowest BCUT2D eigenvalue weighted by Gasteiger charge is -2.19. The molecular weight excluding hydrogens is 363 g/mol. The van der Waals surface area contributed by atoms with Gasteiger partial charge in [0.1, 0.15) is 10.7 Å². The largest absolute Gasteiger partial charge is 0.276 e. The number of fused-ring (bicyclic) bond motifs is 1. The molecule has 0 saturated heterocycles. The van der Waals surface area contributed by atoms with Crippen molar-refractivity contribution in [2.75, 3.05) is 0 Å². The third-order valence-corrected chi connectivity index (χ3v) is 6.93. The number of carbonyl (C=O) groups excluding carboxylic acids is 1. The first kappa shape index (κ1) is 18.0. The van der Waals surface area contributed by atoms with E-state index < -0.39 is 26.6 Å². The summed E-state index contributed by atoms with van der Waals surface area (Å²) in [7, 11) is -4.16. The maximum absolute atomic E-state index is 13.6. The molecule has 1 aromatic heterocycles. The lowest BCUT2D eigenvalue weighted by molar-refractivity contribution is 0.0949. The number of sulfonamides is 1. The van der Waals surface area contributed by atoms with Crippen LogP contribution in [0.2, 0.25) is 0 Å². The van der Waals surface area contributed by atoms with E-state index in [4.69, 9.17) is 0 Å². The van der Waals surface area contributed by atoms with Gasteiger partial charge in [0.05, 0.1) is 4.88 Å². The van der Waals surface area contributed by atoms with Gasteiger partial charge in [0.25, 0.3) is 15.9 Å². The first-order valence-electron chi connectivity index (χ1n) is 8.09. The van der Waals surface area contributed by atoms with Crippen LogP contribution in [0.1, 0.15) is 39.9 Å². The van der Waals surface area contributed by atoms with Crippen LogP contribution in [0, 0.1) is 11.7 Å². The second kappa shape index (κ2) is 7.23. The minimum absolute atomic E-state index is 0.456. The summed E-state index contributed by atoms with van der Waals surface area (Å²) in [6.07, 6.45) is 4.13. The smallest absolute Gasteiger partial charge is 0.273 e. The van der Waals surface area contributed by atoms with Gasteiger partial charge in [0, 0.05) is 4.88 Å². The number of nitrogens with one attached hydrogen (secondary N) is 2. The minimum atomic E-state index is -4.16. The Labute approximate surface area is 150 Å². The van der Waals surface area contributed by atoms with Crippen molar-refractivity contribution >= 4 is 27.3 Å². The summed E-state index contributed by atoms with van der Waals surface area (Å²) in [5.41, 5.74) is 3.34. The Morgan fingerprint density at radius 2 is 2.12 bits per heavy atom. The quantitative estimate of drug-likeness (QED) is 0.781. The second-order valence-corrected chi connectivity index (χ2v) is 8.85. The van der Waals surface area contributed by atoms with Crippen LogP contribution in [-0.4, -0.2) is 14.3 Å². The average molecular weight is 382 g/mol. The van der Waals surface area contributed by atoms with Crippen molar-refractivity contribution in [3.05, 3.63) is 51.5 Å². The Bertz CT molecular complexity index is 893. The number of halogens is 1. The highest BCUT2D eigenvalue weighted by molar-refractivity contribution is 7.89. The van der Waals surface area contributed by atoms with Gasteiger partial charge in [-0.1, -0.05) is 25.5 Å². The van der Waals surface area contributed by atoms with E-state index in [1.807, 2.05) is 10.9 Å². The third-order valence-electron chi connectivity index (χ3n) is 4.41. The van der Waals surface area contributed by atoms with Crippen molar-refractivity contribution in [1.82, 2.24) is 10.3 Å². The van der Waals surface area contributed by atoms with Crippen LogP contribution in [0.3, 0.4) is 0 Å². The average Bonchev–Trinajstić information content (AvgIpc) is 3.03. The highest BCUT2D eigenvalue weighted by Crippen LogP contribution is 2.33. The van der Waals surface area contributed by atoms with E-state index in [9.17, 15) is 17.6 Å².